The molecular formula is C11H12O4. The van der Waals surface area contributed by atoms with Crippen molar-refractivity contribution in [1.82, 2.24) is 0 Å². The van der Waals surface area contributed by atoms with E-state index in [1.54, 1.807) is 12.1 Å². The summed E-state index contributed by atoms with van der Waals surface area (Å²) in [7, 11) is 0. The molecule has 0 aliphatic heterocycles. The average Bonchev–Trinajstić information content (AvgIpc) is 2.70. The highest BCUT2D eigenvalue weighted by atomic mass is 16.5. The van der Waals surface area contributed by atoms with E-state index in [1.165, 1.54) is 18.6 Å². The van der Waals surface area contributed by atoms with Crippen molar-refractivity contribution < 1.29 is 19.1 Å². The molecule has 0 aliphatic rings. The summed E-state index contributed by atoms with van der Waals surface area (Å²) < 4.78 is 9.74. The molecule has 0 atom stereocenters. The van der Waals surface area contributed by atoms with Gasteiger partial charge in [0, 0.05) is 12.2 Å². The maximum atomic E-state index is 11.2. The maximum absolute atomic E-state index is 11.2. The van der Waals surface area contributed by atoms with Gasteiger partial charge >= 0.3 is 0 Å². The first-order chi connectivity index (χ1) is 7.24. The van der Waals surface area contributed by atoms with Gasteiger partial charge in [0.05, 0.1) is 19.1 Å². The molecule has 1 aromatic rings. The van der Waals surface area contributed by atoms with E-state index in [0.29, 0.717) is 6.61 Å². The number of furan rings is 1. The highest BCUT2D eigenvalue weighted by Gasteiger charge is 2.03. The number of aliphatic hydroxyl groups is 1. The van der Waals surface area contributed by atoms with Crippen molar-refractivity contribution in [2.24, 2.45) is 0 Å². The van der Waals surface area contributed by atoms with Crippen LogP contribution in [0.2, 0.25) is 0 Å². The van der Waals surface area contributed by atoms with Gasteiger partial charge in [-0.1, -0.05) is 0 Å². The van der Waals surface area contributed by atoms with Gasteiger partial charge in [-0.15, -0.1) is 0 Å². The number of carbonyl (C=O) groups is 1. The zero-order chi connectivity index (χ0) is 11.1. The molecule has 0 unspecified atom stereocenters. The lowest BCUT2D eigenvalue weighted by Crippen LogP contribution is -1.90. The van der Waals surface area contributed by atoms with Crippen molar-refractivity contribution >= 4 is 11.5 Å². The predicted octanol–water partition coefficient (Wildman–Crippen LogP) is 2.30. The van der Waals surface area contributed by atoms with Crippen LogP contribution in [0.5, 0.6) is 0 Å². The lowest BCUT2D eigenvalue weighted by Gasteiger charge is -1.93. The zero-order valence-electron chi connectivity index (χ0n) is 8.34. The van der Waals surface area contributed by atoms with E-state index in [1.807, 2.05) is 6.92 Å². The van der Waals surface area contributed by atoms with Gasteiger partial charge in [0.1, 0.15) is 0 Å². The highest BCUT2D eigenvalue weighted by molar-refractivity contribution is 6.02. The number of rotatable bonds is 5. The van der Waals surface area contributed by atoms with Crippen LogP contribution in [0.3, 0.4) is 0 Å². The molecule has 0 bridgehead atoms. The number of allylic oxidation sites excluding steroid dienone is 2. The van der Waals surface area contributed by atoms with Gasteiger partial charge in [-0.05, 0) is 19.1 Å². The van der Waals surface area contributed by atoms with E-state index < -0.39 is 0 Å². The Labute approximate surface area is 87.5 Å². The van der Waals surface area contributed by atoms with Crippen molar-refractivity contribution in [2.45, 2.75) is 6.92 Å². The van der Waals surface area contributed by atoms with E-state index in [-0.39, 0.29) is 17.3 Å². The van der Waals surface area contributed by atoms with Gasteiger partial charge in [-0.3, -0.25) is 4.79 Å². The molecule has 4 heteroatoms. The molecule has 80 valence electrons. The van der Waals surface area contributed by atoms with Gasteiger partial charge in [0.15, 0.2) is 17.3 Å². The Morgan fingerprint density at radius 2 is 2.47 bits per heavy atom. The van der Waals surface area contributed by atoms with Crippen molar-refractivity contribution in [2.75, 3.05) is 6.61 Å². The van der Waals surface area contributed by atoms with E-state index in [4.69, 9.17) is 9.15 Å². The summed E-state index contributed by atoms with van der Waals surface area (Å²) in [5.41, 5.74) is 0. The first kappa shape index (κ1) is 11.1. The lowest BCUT2D eigenvalue weighted by molar-refractivity contribution is -0.110. The number of hydrogen-bond acceptors (Lipinski definition) is 4. The van der Waals surface area contributed by atoms with Crippen molar-refractivity contribution in [3.8, 4) is 0 Å². The Hall–Kier alpha value is -1.97. The Morgan fingerprint density at radius 3 is 3.07 bits per heavy atom. The van der Waals surface area contributed by atoms with Gasteiger partial charge in [-0.25, -0.2) is 0 Å². The minimum absolute atomic E-state index is 0.203. The molecule has 0 aliphatic carbocycles. The topological polar surface area (TPSA) is 59.7 Å². The fourth-order valence-electron chi connectivity index (χ4n) is 0.890. The largest absolute Gasteiger partial charge is 0.504 e. The minimum atomic E-state index is -0.364. The Kier molecular flexibility index (Phi) is 4.22. The average molecular weight is 208 g/mol. The Balaban J connectivity index is 2.59. The fraction of sp³-hybridized carbons (Fsp3) is 0.182. The van der Waals surface area contributed by atoms with Gasteiger partial charge in [-0.2, -0.15) is 0 Å². The first-order valence-electron chi connectivity index (χ1n) is 4.50. The van der Waals surface area contributed by atoms with E-state index >= 15 is 0 Å². The standard InChI is InChI=1S/C11H12O4/c1-2-14-7-5-9(12)8-10(13)11-4-3-6-15-11/h3-8,13H,2H2,1H3/b7-5+,10-8-. The number of ketones is 1. The van der Waals surface area contributed by atoms with E-state index in [9.17, 15) is 9.90 Å². The van der Waals surface area contributed by atoms with Crippen LogP contribution in [0.25, 0.3) is 5.76 Å². The molecule has 0 spiro atoms. The van der Waals surface area contributed by atoms with Crippen LogP contribution in [0.1, 0.15) is 12.7 Å². The first-order valence-corrected chi connectivity index (χ1v) is 4.50. The lowest BCUT2D eigenvalue weighted by atomic mass is 10.3. The number of ether oxygens (including phenoxy) is 1. The second-order valence-corrected chi connectivity index (χ2v) is 2.67. The summed E-state index contributed by atoms with van der Waals surface area (Å²) in [5, 5.41) is 9.41. The molecule has 1 rings (SSSR count). The fourth-order valence-corrected chi connectivity index (χ4v) is 0.890. The van der Waals surface area contributed by atoms with Crippen molar-refractivity contribution in [3.63, 3.8) is 0 Å². The molecule has 0 radical (unpaired) electrons. The molecule has 15 heavy (non-hydrogen) atoms. The third-order valence-corrected chi connectivity index (χ3v) is 1.55. The molecule has 0 saturated heterocycles. The van der Waals surface area contributed by atoms with Crippen LogP contribution >= 0.6 is 0 Å². The molecule has 0 fully saturated rings. The van der Waals surface area contributed by atoms with Crippen LogP contribution in [0.4, 0.5) is 0 Å². The smallest absolute Gasteiger partial charge is 0.185 e. The van der Waals surface area contributed by atoms with Crippen LogP contribution in [-0.2, 0) is 9.53 Å². The molecule has 0 saturated carbocycles. The SMILES string of the molecule is CCO/C=C/C(=O)/C=C(\O)c1ccco1. The summed E-state index contributed by atoms with van der Waals surface area (Å²) in [6.45, 7) is 2.31. The van der Waals surface area contributed by atoms with Crippen LogP contribution < -0.4 is 0 Å². The highest BCUT2D eigenvalue weighted by Crippen LogP contribution is 2.11. The Morgan fingerprint density at radius 1 is 1.67 bits per heavy atom. The second kappa shape index (κ2) is 5.70. The Bertz CT molecular complexity index is 360. The zero-order valence-corrected chi connectivity index (χ0v) is 8.34. The van der Waals surface area contributed by atoms with E-state index in [0.717, 1.165) is 6.08 Å². The van der Waals surface area contributed by atoms with Gasteiger partial charge < -0.3 is 14.3 Å². The summed E-state index contributed by atoms with van der Waals surface area (Å²) in [4.78, 5) is 11.2. The van der Waals surface area contributed by atoms with Crippen LogP contribution in [0.15, 0.2) is 41.2 Å². The number of aliphatic hydroxyl groups excluding tert-OH is 1. The molecule has 0 amide bonds. The van der Waals surface area contributed by atoms with Crippen molar-refractivity contribution in [3.05, 3.63) is 42.6 Å². The number of hydrogen-bond donors (Lipinski definition) is 1. The number of carbonyl (C=O) groups excluding carboxylic acids is 1. The predicted molar refractivity (Wildman–Crippen MR) is 55.1 cm³/mol. The summed E-state index contributed by atoms with van der Waals surface area (Å²) in [6, 6.07) is 3.19. The summed E-state index contributed by atoms with van der Waals surface area (Å²) in [5.74, 6) is -0.309. The second-order valence-electron chi connectivity index (χ2n) is 2.67. The third-order valence-electron chi connectivity index (χ3n) is 1.55. The van der Waals surface area contributed by atoms with Gasteiger partial charge in [0.25, 0.3) is 0 Å². The maximum Gasteiger partial charge on any atom is 0.185 e. The van der Waals surface area contributed by atoms with Gasteiger partial charge in [0.2, 0.25) is 0 Å². The van der Waals surface area contributed by atoms with Crippen LogP contribution in [0, 0.1) is 0 Å². The quantitative estimate of drug-likeness (QED) is 0.595. The van der Waals surface area contributed by atoms with Crippen molar-refractivity contribution in [1.29, 1.82) is 0 Å². The monoisotopic (exact) mass is 208 g/mol. The molecule has 1 heterocycles. The molecule has 1 N–H and O–H groups in total. The molecule has 4 nitrogen and oxygen atoms in total. The molecular weight excluding hydrogens is 196 g/mol. The van der Waals surface area contributed by atoms with E-state index in [2.05, 4.69) is 0 Å². The summed E-state index contributed by atoms with van der Waals surface area (Å²) >= 11 is 0. The summed E-state index contributed by atoms with van der Waals surface area (Å²) in [6.07, 6.45) is 4.99. The van der Waals surface area contributed by atoms with Crippen LogP contribution in [-0.4, -0.2) is 17.5 Å². The minimum Gasteiger partial charge on any atom is -0.504 e. The molecule has 1 aromatic heterocycles. The molecule has 0 aromatic carbocycles. The third kappa shape index (κ3) is 3.72. The normalized spacial score (nSPS) is 11.9.